The summed E-state index contributed by atoms with van der Waals surface area (Å²) in [6.45, 7) is 2.13. The van der Waals surface area contributed by atoms with E-state index in [2.05, 4.69) is 50.2 Å². The standard InChI is InChI=1S/C15H14Br2N2S/c1-2-9-7-10(16)4-6-13(9)19-14-8-11(17)3-5-12(14)15(18)20/h3-8,19H,2H2,1H3,(H2,18,20). The molecule has 3 N–H and O–H groups in total. The molecule has 0 unspecified atom stereocenters. The molecular formula is C15H14Br2N2S. The van der Waals surface area contributed by atoms with Crippen LogP contribution in [-0.2, 0) is 6.42 Å². The molecule has 2 rings (SSSR count). The topological polar surface area (TPSA) is 38.0 Å². The number of rotatable bonds is 4. The number of nitrogens with two attached hydrogens (primary N) is 1. The Hall–Kier alpha value is -0.910. The van der Waals surface area contributed by atoms with Crippen LogP contribution in [0.4, 0.5) is 11.4 Å². The largest absolute Gasteiger partial charge is 0.389 e. The van der Waals surface area contributed by atoms with Gasteiger partial charge < -0.3 is 11.1 Å². The highest BCUT2D eigenvalue weighted by molar-refractivity contribution is 9.10. The maximum absolute atomic E-state index is 5.78. The molecule has 0 aromatic heterocycles. The number of hydrogen-bond acceptors (Lipinski definition) is 2. The molecule has 0 radical (unpaired) electrons. The van der Waals surface area contributed by atoms with Gasteiger partial charge in [-0.15, -0.1) is 0 Å². The van der Waals surface area contributed by atoms with Gasteiger partial charge in [0.2, 0.25) is 0 Å². The molecule has 0 aliphatic carbocycles. The van der Waals surface area contributed by atoms with Crippen molar-refractivity contribution in [2.75, 3.05) is 5.32 Å². The lowest BCUT2D eigenvalue weighted by atomic mass is 10.1. The summed E-state index contributed by atoms with van der Waals surface area (Å²) in [7, 11) is 0. The molecule has 0 fully saturated rings. The number of benzene rings is 2. The minimum Gasteiger partial charge on any atom is -0.389 e. The highest BCUT2D eigenvalue weighted by atomic mass is 79.9. The third-order valence-electron chi connectivity index (χ3n) is 2.96. The second kappa shape index (κ2) is 6.70. The quantitative estimate of drug-likeness (QED) is 0.680. The minimum absolute atomic E-state index is 0.384. The van der Waals surface area contributed by atoms with E-state index in [-0.39, 0.29) is 0 Å². The summed E-state index contributed by atoms with van der Waals surface area (Å²) in [6.07, 6.45) is 0.943. The van der Waals surface area contributed by atoms with E-state index < -0.39 is 0 Å². The fraction of sp³-hybridized carbons (Fsp3) is 0.133. The summed E-state index contributed by atoms with van der Waals surface area (Å²) in [6, 6.07) is 12.0. The van der Waals surface area contributed by atoms with Crippen LogP contribution in [0, 0.1) is 0 Å². The highest BCUT2D eigenvalue weighted by Crippen LogP contribution is 2.28. The Kier molecular flexibility index (Phi) is 5.18. The van der Waals surface area contributed by atoms with Gasteiger partial charge in [0.1, 0.15) is 4.99 Å². The summed E-state index contributed by atoms with van der Waals surface area (Å²) in [4.78, 5) is 0.384. The number of halogens is 2. The van der Waals surface area contributed by atoms with Gasteiger partial charge in [-0.2, -0.15) is 0 Å². The molecule has 5 heteroatoms. The zero-order chi connectivity index (χ0) is 14.7. The molecule has 2 nitrogen and oxygen atoms in total. The van der Waals surface area contributed by atoms with Crippen molar-refractivity contribution in [2.24, 2.45) is 5.73 Å². The molecule has 20 heavy (non-hydrogen) atoms. The van der Waals surface area contributed by atoms with E-state index >= 15 is 0 Å². The average Bonchev–Trinajstić information content (AvgIpc) is 2.40. The normalized spacial score (nSPS) is 10.3. The van der Waals surface area contributed by atoms with Gasteiger partial charge in [-0.05, 0) is 48.4 Å². The van der Waals surface area contributed by atoms with Gasteiger partial charge in [0.25, 0.3) is 0 Å². The number of thiocarbonyl (C=S) groups is 1. The summed E-state index contributed by atoms with van der Waals surface area (Å²) in [5.74, 6) is 0. The van der Waals surface area contributed by atoms with Gasteiger partial charge in [0, 0.05) is 25.9 Å². The van der Waals surface area contributed by atoms with Crippen molar-refractivity contribution in [3.8, 4) is 0 Å². The predicted molar refractivity (Wildman–Crippen MR) is 96.8 cm³/mol. The lowest BCUT2D eigenvalue weighted by Crippen LogP contribution is -2.12. The van der Waals surface area contributed by atoms with Gasteiger partial charge in [0.15, 0.2) is 0 Å². The van der Waals surface area contributed by atoms with E-state index in [0.717, 1.165) is 32.3 Å². The Balaban J connectivity index is 2.44. The minimum atomic E-state index is 0.384. The first-order valence-electron chi connectivity index (χ1n) is 6.16. The maximum Gasteiger partial charge on any atom is 0.106 e. The monoisotopic (exact) mass is 412 g/mol. The molecule has 0 aliphatic heterocycles. The number of anilines is 2. The van der Waals surface area contributed by atoms with Crippen molar-refractivity contribution >= 4 is 60.4 Å². The maximum atomic E-state index is 5.78. The second-order valence-electron chi connectivity index (χ2n) is 4.33. The smallest absolute Gasteiger partial charge is 0.106 e. The van der Waals surface area contributed by atoms with Gasteiger partial charge >= 0.3 is 0 Å². The Morgan fingerprint density at radius 2 is 1.75 bits per heavy atom. The molecule has 104 valence electrons. The first kappa shape index (κ1) is 15.5. The summed E-state index contributed by atoms with van der Waals surface area (Å²) >= 11 is 12.1. The molecule has 0 heterocycles. The lowest BCUT2D eigenvalue weighted by molar-refractivity contribution is 1.14. The number of aryl methyl sites for hydroxylation is 1. The number of nitrogens with one attached hydrogen (secondary N) is 1. The van der Waals surface area contributed by atoms with Crippen molar-refractivity contribution < 1.29 is 0 Å². The van der Waals surface area contributed by atoms with E-state index in [1.165, 1.54) is 5.56 Å². The Labute approximate surface area is 141 Å². The van der Waals surface area contributed by atoms with E-state index in [9.17, 15) is 0 Å². The molecule has 0 atom stereocenters. The zero-order valence-electron chi connectivity index (χ0n) is 10.9. The van der Waals surface area contributed by atoms with E-state index in [1.54, 1.807) is 0 Å². The van der Waals surface area contributed by atoms with Crippen LogP contribution in [0.25, 0.3) is 0 Å². The van der Waals surface area contributed by atoms with Crippen molar-refractivity contribution in [2.45, 2.75) is 13.3 Å². The van der Waals surface area contributed by atoms with Crippen LogP contribution >= 0.6 is 44.1 Å². The fourth-order valence-electron chi connectivity index (χ4n) is 1.96. The molecule has 2 aromatic carbocycles. The molecule has 0 aliphatic rings. The van der Waals surface area contributed by atoms with E-state index in [0.29, 0.717) is 4.99 Å². The van der Waals surface area contributed by atoms with Crippen molar-refractivity contribution in [1.82, 2.24) is 0 Å². The molecule has 0 saturated carbocycles. The summed E-state index contributed by atoms with van der Waals surface area (Å²) in [5, 5.41) is 3.42. The Bertz CT molecular complexity index is 656. The van der Waals surface area contributed by atoms with Crippen LogP contribution in [0.5, 0.6) is 0 Å². The molecule has 0 amide bonds. The Morgan fingerprint density at radius 3 is 2.40 bits per heavy atom. The van der Waals surface area contributed by atoms with Crippen molar-refractivity contribution in [1.29, 1.82) is 0 Å². The highest BCUT2D eigenvalue weighted by Gasteiger charge is 2.08. The molecular weight excluding hydrogens is 400 g/mol. The van der Waals surface area contributed by atoms with Crippen LogP contribution in [0.2, 0.25) is 0 Å². The van der Waals surface area contributed by atoms with Crippen LogP contribution in [-0.4, -0.2) is 4.99 Å². The lowest BCUT2D eigenvalue weighted by Gasteiger charge is -2.15. The molecule has 0 saturated heterocycles. The third kappa shape index (κ3) is 3.59. The molecule has 2 aromatic rings. The third-order valence-corrected chi connectivity index (χ3v) is 4.17. The Morgan fingerprint density at radius 1 is 1.10 bits per heavy atom. The number of hydrogen-bond donors (Lipinski definition) is 2. The van der Waals surface area contributed by atoms with Gasteiger partial charge in [-0.1, -0.05) is 51.0 Å². The van der Waals surface area contributed by atoms with Crippen LogP contribution < -0.4 is 11.1 Å². The van der Waals surface area contributed by atoms with Crippen LogP contribution in [0.1, 0.15) is 18.1 Å². The SMILES string of the molecule is CCc1cc(Br)ccc1Nc1cc(Br)ccc1C(N)=S. The van der Waals surface area contributed by atoms with Gasteiger partial charge in [-0.3, -0.25) is 0 Å². The first-order valence-corrected chi connectivity index (χ1v) is 8.15. The summed E-state index contributed by atoms with van der Waals surface area (Å²) < 4.78 is 2.05. The van der Waals surface area contributed by atoms with E-state index in [4.69, 9.17) is 18.0 Å². The van der Waals surface area contributed by atoms with Gasteiger partial charge in [0.05, 0.1) is 0 Å². The van der Waals surface area contributed by atoms with Gasteiger partial charge in [-0.25, -0.2) is 0 Å². The predicted octanol–water partition coefficient (Wildman–Crippen LogP) is 5.15. The first-order chi connectivity index (χ1) is 9.51. The van der Waals surface area contributed by atoms with Crippen LogP contribution in [0.15, 0.2) is 45.3 Å². The summed E-state index contributed by atoms with van der Waals surface area (Å²) in [5.41, 5.74) is 9.82. The van der Waals surface area contributed by atoms with Crippen LogP contribution in [0.3, 0.4) is 0 Å². The average molecular weight is 414 g/mol. The fourth-order valence-corrected chi connectivity index (χ4v) is 2.90. The van der Waals surface area contributed by atoms with Crippen molar-refractivity contribution in [3.05, 3.63) is 56.5 Å². The zero-order valence-corrected chi connectivity index (χ0v) is 14.9. The molecule has 0 spiro atoms. The molecule has 0 bridgehead atoms. The second-order valence-corrected chi connectivity index (χ2v) is 6.61. The van der Waals surface area contributed by atoms with E-state index in [1.807, 2.05) is 30.3 Å². The van der Waals surface area contributed by atoms with Crippen molar-refractivity contribution in [3.63, 3.8) is 0 Å².